The molecule has 1 heterocycles. The van der Waals surface area contributed by atoms with Crippen molar-refractivity contribution in [2.75, 3.05) is 32.7 Å². The van der Waals surface area contributed by atoms with Gasteiger partial charge >= 0.3 is 0 Å². The van der Waals surface area contributed by atoms with Crippen LogP contribution in [0.5, 0.6) is 0 Å². The van der Waals surface area contributed by atoms with E-state index < -0.39 is 0 Å². The van der Waals surface area contributed by atoms with Crippen LogP contribution in [0.25, 0.3) is 0 Å². The number of piperazine rings is 1. The first-order chi connectivity index (χ1) is 10.6. The Labute approximate surface area is 132 Å². The zero-order valence-corrected chi connectivity index (χ0v) is 13.3. The maximum Gasteiger partial charge on any atom is 0.236 e. The topological polar surface area (TPSA) is 66.6 Å². The van der Waals surface area contributed by atoms with Crippen LogP contribution in [-0.2, 0) is 9.59 Å². The molecule has 0 aromatic rings. The molecule has 5 nitrogen and oxygen atoms in total. The summed E-state index contributed by atoms with van der Waals surface area (Å²) in [5, 5.41) is 0. The molecule has 0 aromatic heterocycles. The first-order valence-corrected chi connectivity index (χ1v) is 8.87. The van der Waals surface area contributed by atoms with Crippen LogP contribution in [-0.4, -0.2) is 54.3 Å². The number of carbonyl (C=O) groups is 2. The van der Waals surface area contributed by atoms with Crippen molar-refractivity contribution < 1.29 is 9.59 Å². The molecule has 2 N–H and O–H groups in total. The van der Waals surface area contributed by atoms with E-state index in [1.54, 1.807) is 4.90 Å². The molecule has 122 valence electrons. The molecule has 1 aliphatic heterocycles. The number of carbonyl (C=O) groups excluding carboxylic acids is 2. The van der Waals surface area contributed by atoms with Crippen molar-refractivity contribution in [3.63, 3.8) is 0 Å². The third-order valence-electron chi connectivity index (χ3n) is 6.59. The lowest BCUT2D eigenvalue weighted by atomic mass is 9.49. The highest BCUT2D eigenvalue weighted by Crippen LogP contribution is 2.60. The molecule has 2 amide bonds. The fraction of sp³-hybridized carbons (Fsp3) is 0.882. The molecule has 0 aromatic carbocycles. The van der Waals surface area contributed by atoms with Crippen LogP contribution >= 0.6 is 0 Å². The Morgan fingerprint density at radius 3 is 1.77 bits per heavy atom. The summed E-state index contributed by atoms with van der Waals surface area (Å²) in [5.74, 6) is 2.80. The van der Waals surface area contributed by atoms with E-state index in [9.17, 15) is 9.59 Å². The molecule has 0 radical (unpaired) electrons. The molecule has 1 saturated heterocycles. The summed E-state index contributed by atoms with van der Waals surface area (Å²) >= 11 is 0. The summed E-state index contributed by atoms with van der Waals surface area (Å²) in [5.41, 5.74) is 5.38. The zero-order chi connectivity index (χ0) is 15.3. The monoisotopic (exact) mass is 305 g/mol. The quantitative estimate of drug-likeness (QED) is 0.822. The highest BCUT2D eigenvalue weighted by Gasteiger charge is 2.55. The van der Waals surface area contributed by atoms with E-state index in [-0.39, 0.29) is 17.9 Å². The van der Waals surface area contributed by atoms with Crippen LogP contribution in [0.2, 0.25) is 0 Å². The average molecular weight is 305 g/mol. The van der Waals surface area contributed by atoms with Gasteiger partial charge in [-0.2, -0.15) is 0 Å². The zero-order valence-electron chi connectivity index (χ0n) is 13.3. The Hall–Kier alpha value is -1.10. The van der Waals surface area contributed by atoms with Gasteiger partial charge in [0.15, 0.2) is 0 Å². The second-order valence-corrected chi connectivity index (χ2v) is 8.07. The van der Waals surface area contributed by atoms with E-state index >= 15 is 0 Å². The van der Waals surface area contributed by atoms with Gasteiger partial charge in [-0.3, -0.25) is 9.59 Å². The summed E-state index contributed by atoms with van der Waals surface area (Å²) in [4.78, 5) is 28.7. The van der Waals surface area contributed by atoms with Gasteiger partial charge in [-0.1, -0.05) is 0 Å². The number of nitrogens with two attached hydrogens (primary N) is 1. The largest absolute Gasteiger partial charge is 0.339 e. The minimum Gasteiger partial charge on any atom is -0.339 e. The molecule has 5 rings (SSSR count). The summed E-state index contributed by atoms with van der Waals surface area (Å²) < 4.78 is 0. The van der Waals surface area contributed by atoms with Crippen LogP contribution in [0, 0.1) is 23.2 Å². The number of rotatable bonds is 2. The molecule has 5 aliphatic rings. The summed E-state index contributed by atoms with van der Waals surface area (Å²) in [6.45, 7) is 2.74. The molecule has 4 saturated carbocycles. The molecular weight excluding hydrogens is 278 g/mol. The Kier molecular flexibility index (Phi) is 3.44. The fourth-order valence-electron chi connectivity index (χ4n) is 6.00. The lowest BCUT2D eigenvalue weighted by Crippen LogP contribution is -2.59. The van der Waals surface area contributed by atoms with Crippen molar-refractivity contribution in [2.24, 2.45) is 28.9 Å². The van der Waals surface area contributed by atoms with Gasteiger partial charge in [0, 0.05) is 26.2 Å². The van der Waals surface area contributed by atoms with Gasteiger partial charge in [-0.15, -0.1) is 0 Å². The van der Waals surface area contributed by atoms with Gasteiger partial charge in [-0.25, -0.2) is 0 Å². The highest BCUT2D eigenvalue weighted by molar-refractivity contribution is 5.84. The average Bonchev–Trinajstić information content (AvgIpc) is 2.52. The predicted molar refractivity (Wildman–Crippen MR) is 82.8 cm³/mol. The maximum atomic E-state index is 13.2. The van der Waals surface area contributed by atoms with E-state index in [2.05, 4.69) is 0 Å². The van der Waals surface area contributed by atoms with Crippen LogP contribution in [0.1, 0.15) is 38.5 Å². The van der Waals surface area contributed by atoms with Crippen molar-refractivity contribution in [1.82, 2.24) is 9.80 Å². The third-order valence-corrected chi connectivity index (χ3v) is 6.59. The van der Waals surface area contributed by atoms with Crippen molar-refractivity contribution in [3.8, 4) is 0 Å². The van der Waals surface area contributed by atoms with E-state index in [1.807, 2.05) is 4.90 Å². The first kappa shape index (κ1) is 14.5. The molecule has 0 atom stereocenters. The normalized spacial score (nSPS) is 40.1. The van der Waals surface area contributed by atoms with Gasteiger partial charge in [0.1, 0.15) is 0 Å². The summed E-state index contributed by atoms with van der Waals surface area (Å²) in [6.07, 6.45) is 7.47. The van der Waals surface area contributed by atoms with Crippen molar-refractivity contribution >= 4 is 11.8 Å². The maximum absolute atomic E-state index is 13.2. The van der Waals surface area contributed by atoms with Crippen LogP contribution in [0.4, 0.5) is 0 Å². The summed E-state index contributed by atoms with van der Waals surface area (Å²) in [6, 6.07) is 0. The smallest absolute Gasteiger partial charge is 0.236 e. The molecule has 0 unspecified atom stereocenters. The molecular formula is C17H27N3O2. The van der Waals surface area contributed by atoms with Crippen molar-refractivity contribution in [2.45, 2.75) is 38.5 Å². The van der Waals surface area contributed by atoms with Gasteiger partial charge in [0.05, 0.1) is 12.0 Å². The Morgan fingerprint density at radius 2 is 1.32 bits per heavy atom. The van der Waals surface area contributed by atoms with E-state index in [1.165, 1.54) is 19.3 Å². The van der Waals surface area contributed by atoms with Gasteiger partial charge in [-0.05, 0) is 56.3 Å². The minimum atomic E-state index is -0.0468. The SMILES string of the molecule is NCC(=O)N1CCN(C(=O)C23CC4CC(CC(C4)C2)C3)CC1. The third kappa shape index (κ3) is 2.25. The number of hydrogen-bond donors (Lipinski definition) is 1. The van der Waals surface area contributed by atoms with Crippen LogP contribution < -0.4 is 5.73 Å². The highest BCUT2D eigenvalue weighted by atomic mass is 16.2. The molecule has 4 aliphatic carbocycles. The number of hydrogen-bond acceptors (Lipinski definition) is 3. The second kappa shape index (κ2) is 5.22. The Balaban J connectivity index is 1.43. The summed E-state index contributed by atoms with van der Waals surface area (Å²) in [7, 11) is 0. The number of nitrogens with zero attached hydrogens (tertiary/aromatic N) is 2. The number of amides is 2. The van der Waals surface area contributed by atoms with E-state index in [0.717, 1.165) is 37.0 Å². The Morgan fingerprint density at radius 1 is 0.864 bits per heavy atom. The van der Waals surface area contributed by atoms with Gasteiger partial charge < -0.3 is 15.5 Å². The van der Waals surface area contributed by atoms with Crippen LogP contribution in [0.3, 0.4) is 0 Å². The standard InChI is InChI=1S/C17H27N3O2/c18-11-15(21)19-1-3-20(4-2-19)16(22)17-8-12-5-13(9-17)7-14(6-12)10-17/h12-14H,1-11,18H2. The molecule has 0 spiro atoms. The van der Waals surface area contributed by atoms with Crippen molar-refractivity contribution in [1.29, 1.82) is 0 Å². The molecule has 4 bridgehead atoms. The lowest BCUT2D eigenvalue weighted by molar-refractivity contribution is -0.160. The van der Waals surface area contributed by atoms with Gasteiger partial charge in [0.25, 0.3) is 0 Å². The minimum absolute atomic E-state index is 0.00176. The fourth-order valence-corrected chi connectivity index (χ4v) is 6.00. The van der Waals surface area contributed by atoms with Crippen molar-refractivity contribution in [3.05, 3.63) is 0 Å². The van der Waals surface area contributed by atoms with Crippen LogP contribution in [0.15, 0.2) is 0 Å². The van der Waals surface area contributed by atoms with E-state index in [0.29, 0.717) is 32.1 Å². The Bertz CT molecular complexity index is 447. The second-order valence-electron chi connectivity index (χ2n) is 8.07. The molecule has 5 fully saturated rings. The molecule has 22 heavy (non-hydrogen) atoms. The van der Waals surface area contributed by atoms with Gasteiger partial charge in [0.2, 0.25) is 11.8 Å². The lowest BCUT2D eigenvalue weighted by Gasteiger charge is -2.57. The first-order valence-electron chi connectivity index (χ1n) is 8.87. The van der Waals surface area contributed by atoms with E-state index in [4.69, 9.17) is 5.73 Å². The predicted octanol–water partition coefficient (Wildman–Crippen LogP) is 0.832. The molecule has 5 heteroatoms.